The molecule has 25 heavy (non-hydrogen) atoms. The molecule has 0 radical (unpaired) electrons. The molecule has 1 N–H and O–H groups in total. The summed E-state index contributed by atoms with van der Waals surface area (Å²) in [5.74, 6) is -0.450. The van der Waals surface area contributed by atoms with Gasteiger partial charge < -0.3 is 14.8 Å². The van der Waals surface area contributed by atoms with Crippen molar-refractivity contribution >= 4 is 40.8 Å². The van der Waals surface area contributed by atoms with Gasteiger partial charge in [-0.25, -0.2) is 4.79 Å². The fourth-order valence-electron chi connectivity index (χ4n) is 2.12. The van der Waals surface area contributed by atoms with Crippen LogP contribution >= 0.6 is 23.2 Å². The highest BCUT2D eigenvalue weighted by atomic mass is 35.5. The van der Waals surface area contributed by atoms with Crippen molar-refractivity contribution in [2.24, 2.45) is 0 Å². The Balaban J connectivity index is 2.03. The van der Waals surface area contributed by atoms with Crippen molar-refractivity contribution in [1.82, 2.24) is 0 Å². The fraction of sp³-hybridized carbons (Fsp3) is 0.222. The summed E-state index contributed by atoms with van der Waals surface area (Å²) in [6, 6.07) is 9.76. The van der Waals surface area contributed by atoms with Gasteiger partial charge in [0, 0.05) is 10.7 Å². The van der Waals surface area contributed by atoms with E-state index < -0.39 is 5.97 Å². The Hall–Kier alpha value is -2.24. The average Bonchev–Trinajstić information content (AvgIpc) is 2.56. The number of rotatable bonds is 6. The van der Waals surface area contributed by atoms with Gasteiger partial charge in [0.15, 0.2) is 6.61 Å². The van der Waals surface area contributed by atoms with E-state index in [4.69, 9.17) is 32.7 Å². The van der Waals surface area contributed by atoms with Crippen molar-refractivity contribution in [2.75, 3.05) is 18.5 Å². The molecule has 0 aromatic heterocycles. The number of esters is 1. The van der Waals surface area contributed by atoms with Gasteiger partial charge in [-0.3, -0.25) is 4.79 Å². The molecule has 0 spiro atoms. The second-order valence-electron chi connectivity index (χ2n) is 5.11. The van der Waals surface area contributed by atoms with E-state index in [1.807, 2.05) is 0 Å². The van der Waals surface area contributed by atoms with E-state index in [1.54, 1.807) is 44.2 Å². The Morgan fingerprint density at radius 3 is 2.60 bits per heavy atom. The number of carbonyl (C=O) groups is 2. The van der Waals surface area contributed by atoms with Crippen LogP contribution in [0.25, 0.3) is 0 Å². The monoisotopic (exact) mass is 381 g/mol. The fourth-order valence-corrected chi connectivity index (χ4v) is 2.59. The van der Waals surface area contributed by atoms with E-state index in [9.17, 15) is 9.59 Å². The van der Waals surface area contributed by atoms with Gasteiger partial charge in [-0.05, 0) is 49.7 Å². The normalized spacial score (nSPS) is 10.2. The van der Waals surface area contributed by atoms with Gasteiger partial charge in [0.05, 0.1) is 17.2 Å². The number of ether oxygens (including phenoxy) is 2. The van der Waals surface area contributed by atoms with Crippen LogP contribution in [0.15, 0.2) is 36.4 Å². The minimum atomic E-state index is -0.430. The van der Waals surface area contributed by atoms with Crippen LogP contribution in [0.1, 0.15) is 22.8 Å². The highest BCUT2D eigenvalue weighted by Gasteiger charge is 2.14. The lowest BCUT2D eigenvalue weighted by atomic mass is 10.1. The van der Waals surface area contributed by atoms with Crippen LogP contribution in [0.3, 0.4) is 0 Å². The van der Waals surface area contributed by atoms with Crippen molar-refractivity contribution in [3.05, 3.63) is 57.6 Å². The lowest BCUT2D eigenvalue weighted by Gasteiger charge is -2.13. The van der Waals surface area contributed by atoms with Crippen LogP contribution in [0.4, 0.5) is 5.69 Å². The molecule has 0 bridgehead atoms. The van der Waals surface area contributed by atoms with Crippen LogP contribution < -0.4 is 10.1 Å². The van der Waals surface area contributed by atoms with Crippen LogP contribution in [0.2, 0.25) is 10.0 Å². The van der Waals surface area contributed by atoms with Crippen LogP contribution in [0.5, 0.6) is 5.75 Å². The molecular formula is C18H17Cl2NO4. The molecule has 2 rings (SSSR count). The average molecular weight is 382 g/mol. The number of carbonyl (C=O) groups excluding carboxylic acids is 2. The first kappa shape index (κ1) is 19.1. The van der Waals surface area contributed by atoms with Gasteiger partial charge in [-0.1, -0.05) is 29.3 Å². The van der Waals surface area contributed by atoms with Gasteiger partial charge in [0.1, 0.15) is 5.75 Å². The first-order valence-corrected chi connectivity index (χ1v) is 8.32. The van der Waals surface area contributed by atoms with E-state index >= 15 is 0 Å². The third-order valence-electron chi connectivity index (χ3n) is 3.36. The smallest absolute Gasteiger partial charge is 0.338 e. The molecule has 0 saturated heterocycles. The molecule has 132 valence electrons. The van der Waals surface area contributed by atoms with Crippen LogP contribution in [0, 0.1) is 6.92 Å². The second kappa shape index (κ2) is 8.74. The summed E-state index contributed by atoms with van der Waals surface area (Å²) in [7, 11) is 0. The number of amides is 1. The zero-order valence-electron chi connectivity index (χ0n) is 13.8. The Kier molecular flexibility index (Phi) is 6.67. The second-order valence-corrected chi connectivity index (χ2v) is 5.95. The molecule has 2 aromatic rings. The van der Waals surface area contributed by atoms with Crippen LogP contribution in [-0.2, 0) is 9.53 Å². The predicted molar refractivity (Wildman–Crippen MR) is 97.7 cm³/mol. The van der Waals surface area contributed by atoms with Crippen molar-refractivity contribution < 1.29 is 19.1 Å². The summed E-state index contributed by atoms with van der Waals surface area (Å²) >= 11 is 11.8. The maximum Gasteiger partial charge on any atom is 0.338 e. The minimum Gasteiger partial charge on any atom is -0.482 e. The van der Waals surface area contributed by atoms with Gasteiger partial charge >= 0.3 is 5.97 Å². The topological polar surface area (TPSA) is 64.6 Å². The Bertz CT molecular complexity index is 793. The summed E-state index contributed by atoms with van der Waals surface area (Å²) in [5.41, 5.74) is 1.54. The lowest BCUT2D eigenvalue weighted by Crippen LogP contribution is -2.21. The zero-order valence-corrected chi connectivity index (χ0v) is 15.3. The Morgan fingerprint density at radius 1 is 1.16 bits per heavy atom. The SMILES string of the molecule is CCOC(=O)c1cccc(NC(=O)COc2ccc(Cl)cc2Cl)c1C. The number of anilines is 1. The van der Waals surface area contributed by atoms with Gasteiger partial charge in [0.25, 0.3) is 5.91 Å². The van der Waals surface area contributed by atoms with Gasteiger partial charge in [0.2, 0.25) is 0 Å². The molecule has 0 unspecified atom stereocenters. The lowest BCUT2D eigenvalue weighted by molar-refractivity contribution is -0.118. The van der Waals surface area contributed by atoms with Crippen molar-refractivity contribution in [1.29, 1.82) is 0 Å². The molecule has 0 aliphatic rings. The van der Waals surface area contributed by atoms with E-state index in [0.717, 1.165) is 0 Å². The van der Waals surface area contributed by atoms with E-state index in [2.05, 4.69) is 5.32 Å². The highest BCUT2D eigenvalue weighted by molar-refractivity contribution is 6.35. The molecule has 0 heterocycles. The summed E-state index contributed by atoms with van der Waals surface area (Å²) in [6.45, 7) is 3.52. The summed E-state index contributed by atoms with van der Waals surface area (Å²) in [4.78, 5) is 24.0. The molecular weight excluding hydrogens is 365 g/mol. The first-order chi connectivity index (χ1) is 11.9. The molecule has 0 saturated carbocycles. The predicted octanol–water partition coefficient (Wildman–Crippen LogP) is 4.50. The summed E-state index contributed by atoms with van der Waals surface area (Å²) in [6.07, 6.45) is 0. The molecule has 1 amide bonds. The number of halogens is 2. The maximum atomic E-state index is 12.1. The summed E-state index contributed by atoms with van der Waals surface area (Å²) < 4.78 is 10.4. The van der Waals surface area contributed by atoms with E-state index in [-0.39, 0.29) is 19.1 Å². The van der Waals surface area contributed by atoms with Crippen molar-refractivity contribution in [3.63, 3.8) is 0 Å². The number of hydrogen-bond acceptors (Lipinski definition) is 4. The molecule has 0 aliphatic heterocycles. The van der Waals surface area contributed by atoms with Crippen molar-refractivity contribution in [2.45, 2.75) is 13.8 Å². The largest absolute Gasteiger partial charge is 0.482 e. The molecule has 5 nitrogen and oxygen atoms in total. The highest BCUT2D eigenvalue weighted by Crippen LogP contribution is 2.27. The van der Waals surface area contributed by atoms with Crippen molar-refractivity contribution in [3.8, 4) is 5.75 Å². The molecule has 0 aliphatic carbocycles. The molecule has 7 heteroatoms. The summed E-state index contributed by atoms with van der Waals surface area (Å²) in [5, 5.41) is 3.51. The van der Waals surface area contributed by atoms with E-state index in [1.165, 1.54) is 6.07 Å². The zero-order chi connectivity index (χ0) is 18.4. The number of nitrogens with one attached hydrogen (secondary N) is 1. The first-order valence-electron chi connectivity index (χ1n) is 7.56. The Morgan fingerprint density at radius 2 is 1.92 bits per heavy atom. The maximum absolute atomic E-state index is 12.1. The number of hydrogen-bond donors (Lipinski definition) is 1. The molecule has 0 atom stereocenters. The molecule has 0 fully saturated rings. The van der Waals surface area contributed by atoms with Gasteiger partial charge in [-0.2, -0.15) is 0 Å². The van der Waals surface area contributed by atoms with Gasteiger partial charge in [-0.15, -0.1) is 0 Å². The third-order valence-corrected chi connectivity index (χ3v) is 3.89. The van der Waals surface area contributed by atoms with E-state index in [0.29, 0.717) is 32.6 Å². The third kappa shape index (κ3) is 5.11. The minimum absolute atomic E-state index is 0.232. The quantitative estimate of drug-likeness (QED) is 0.748. The molecule has 2 aromatic carbocycles. The van der Waals surface area contributed by atoms with Crippen LogP contribution in [-0.4, -0.2) is 25.1 Å². The Labute approximate surface area is 155 Å². The number of benzene rings is 2. The standard InChI is InChI=1S/C18H17Cl2NO4/c1-3-24-18(23)13-5-4-6-15(11(13)2)21-17(22)10-25-16-8-7-12(19)9-14(16)20/h4-9H,3,10H2,1-2H3,(H,21,22).